The zero-order chi connectivity index (χ0) is 6.10. The minimum absolute atomic E-state index is 0.509. The maximum atomic E-state index is 4.03. The van der Waals surface area contributed by atoms with E-state index in [4.69, 9.17) is 0 Å². The first-order valence-corrected chi connectivity index (χ1v) is 3.18. The molecule has 48 valence electrons. The van der Waals surface area contributed by atoms with Crippen molar-refractivity contribution in [2.45, 2.75) is 12.5 Å². The van der Waals surface area contributed by atoms with E-state index in [9.17, 15) is 0 Å². The lowest BCUT2D eigenvalue weighted by molar-refractivity contribution is 0.323. The van der Waals surface area contributed by atoms with Gasteiger partial charge in [0.2, 0.25) is 0 Å². The molecule has 3 nitrogen and oxygen atoms in total. The van der Waals surface area contributed by atoms with E-state index in [1.165, 1.54) is 6.42 Å². The smallest absolute Gasteiger partial charge is 0.0812 e. The first kappa shape index (κ1) is 4.99. The number of nitrogens with one attached hydrogen (secondary N) is 1. The largest absolute Gasteiger partial charge is 0.306 e. The van der Waals surface area contributed by atoms with Gasteiger partial charge in [0.25, 0.3) is 0 Å². The van der Waals surface area contributed by atoms with Crippen molar-refractivity contribution in [3.05, 3.63) is 12.4 Å². The highest BCUT2D eigenvalue weighted by molar-refractivity contribution is 5.66. The summed E-state index contributed by atoms with van der Waals surface area (Å²) in [6, 6.07) is 0.509. The molecular weight excluding hydrogens is 114 g/mol. The van der Waals surface area contributed by atoms with Crippen LogP contribution in [0.25, 0.3) is 0 Å². The van der Waals surface area contributed by atoms with Gasteiger partial charge in [-0.2, -0.15) is 0 Å². The minimum atomic E-state index is 0.509. The summed E-state index contributed by atoms with van der Waals surface area (Å²) in [7, 11) is 0. The maximum Gasteiger partial charge on any atom is 0.0812 e. The molecule has 2 heterocycles. The standard InChI is InChI=1S/C6H9N3/c1-2-8-9-4-3-7-5-6(1)9/h3-6,8H,1-2H2. The average Bonchev–Trinajstić information content (AvgIpc) is 2.33. The van der Waals surface area contributed by atoms with Crippen molar-refractivity contribution in [3.8, 4) is 0 Å². The summed E-state index contributed by atoms with van der Waals surface area (Å²) < 4.78 is 0. The molecule has 1 N–H and O–H groups in total. The Morgan fingerprint density at radius 3 is 3.56 bits per heavy atom. The van der Waals surface area contributed by atoms with E-state index in [0.29, 0.717) is 6.04 Å². The fraction of sp³-hybridized carbons (Fsp3) is 0.500. The van der Waals surface area contributed by atoms with Crippen molar-refractivity contribution in [2.75, 3.05) is 6.54 Å². The average molecular weight is 123 g/mol. The highest BCUT2D eigenvalue weighted by atomic mass is 15.5. The van der Waals surface area contributed by atoms with Gasteiger partial charge in [-0.3, -0.25) is 4.99 Å². The van der Waals surface area contributed by atoms with Crippen LogP contribution in [-0.4, -0.2) is 23.8 Å². The van der Waals surface area contributed by atoms with Gasteiger partial charge >= 0.3 is 0 Å². The fourth-order valence-corrected chi connectivity index (χ4v) is 1.17. The van der Waals surface area contributed by atoms with Crippen LogP contribution in [0, 0.1) is 0 Å². The summed E-state index contributed by atoms with van der Waals surface area (Å²) in [4.78, 5) is 4.03. The molecule has 1 unspecified atom stereocenters. The van der Waals surface area contributed by atoms with Crippen LogP contribution in [0.1, 0.15) is 6.42 Å². The highest BCUT2D eigenvalue weighted by Crippen LogP contribution is 2.09. The van der Waals surface area contributed by atoms with Crippen molar-refractivity contribution >= 4 is 6.21 Å². The molecule has 0 aliphatic carbocycles. The van der Waals surface area contributed by atoms with Gasteiger partial charge in [0.1, 0.15) is 0 Å². The van der Waals surface area contributed by atoms with Crippen LogP contribution in [0.4, 0.5) is 0 Å². The number of nitrogens with zero attached hydrogens (tertiary/aromatic N) is 2. The van der Waals surface area contributed by atoms with Gasteiger partial charge in [0.15, 0.2) is 0 Å². The SMILES string of the molecule is C1=CN2NCCC2C=N1. The summed E-state index contributed by atoms with van der Waals surface area (Å²) in [5.41, 5.74) is 3.21. The third-order valence-corrected chi connectivity index (χ3v) is 1.66. The molecule has 0 bridgehead atoms. The lowest BCUT2D eigenvalue weighted by Gasteiger charge is -2.19. The Labute approximate surface area is 54.0 Å². The third kappa shape index (κ3) is 0.733. The highest BCUT2D eigenvalue weighted by Gasteiger charge is 2.20. The van der Waals surface area contributed by atoms with Crippen molar-refractivity contribution in [2.24, 2.45) is 4.99 Å². The molecule has 0 spiro atoms. The first-order valence-electron chi connectivity index (χ1n) is 3.18. The topological polar surface area (TPSA) is 27.6 Å². The number of rotatable bonds is 0. The van der Waals surface area contributed by atoms with E-state index in [1.807, 2.05) is 12.4 Å². The number of aliphatic imine (C=N–C) groups is 1. The number of hydrogen-bond donors (Lipinski definition) is 1. The monoisotopic (exact) mass is 123 g/mol. The predicted molar refractivity (Wildman–Crippen MR) is 35.9 cm³/mol. The normalized spacial score (nSPS) is 31.1. The molecular formula is C6H9N3. The molecule has 0 aromatic rings. The zero-order valence-corrected chi connectivity index (χ0v) is 5.12. The van der Waals surface area contributed by atoms with Gasteiger partial charge in [-0.1, -0.05) is 0 Å². The van der Waals surface area contributed by atoms with E-state index in [1.54, 1.807) is 6.20 Å². The summed E-state index contributed by atoms with van der Waals surface area (Å²) >= 11 is 0. The second-order valence-electron chi connectivity index (χ2n) is 2.27. The van der Waals surface area contributed by atoms with Gasteiger partial charge in [0, 0.05) is 25.2 Å². The molecule has 0 aromatic carbocycles. The molecule has 1 atom stereocenters. The quantitative estimate of drug-likeness (QED) is 0.495. The Morgan fingerprint density at radius 1 is 1.67 bits per heavy atom. The molecule has 2 aliphatic rings. The maximum absolute atomic E-state index is 4.03. The number of hydrazine groups is 1. The minimum Gasteiger partial charge on any atom is -0.306 e. The van der Waals surface area contributed by atoms with E-state index >= 15 is 0 Å². The van der Waals surface area contributed by atoms with Gasteiger partial charge in [0.05, 0.1) is 6.04 Å². The third-order valence-electron chi connectivity index (χ3n) is 1.66. The van der Waals surface area contributed by atoms with Crippen LogP contribution in [0.3, 0.4) is 0 Å². The summed E-state index contributed by atoms with van der Waals surface area (Å²) in [5, 5.41) is 2.09. The molecule has 3 heteroatoms. The zero-order valence-electron chi connectivity index (χ0n) is 5.12. The second-order valence-corrected chi connectivity index (χ2v) is 2.27. The first-order chi connectivity index (χ1) is 4.47. The van der Waals surface area contributed by atoms with Crippen LogP contribution < -0.4 is 5.43 Å². The molecule has 2 rings (SSSR count). The Kier molecular flexibility index (Phi) is 1.02. The Hall–Kier alpha value is -0.830. The van der Waals surface area contributed by atoms with Crippen LogP contribution >= 0.6 is 0 Å². The van der Waals surface area contributed by atoms with Gasteiger partial charge in [-0.05, 0) is 6.42 Å². The van der Waals surface area contributed by atoms with Crippen molar-refractivity contribution in [1.29, 1.82) is 0 Å². The van der Waals surface area contributed by atoms with Crippen LogP contribution in [0.15, 0.2) is 17.4 Å². The van der Waals surface area contributed by atoms with E-state index in [-0.39, 0.29) is 0 Å². The molecule has 0 saturated carbocycles. The van der Waals surface area contributed by atoms with E-state index in [0.717, 1.165) is 6.54 Å². The number of fused-ring (bicyclic) bond motifs is 1. The lowest BCUT2D eigenvalue weighted by Crippen LogP contribution is -2.34. The Morgan fingerprint density at radius 2 is 2.67 bits per heavy atom. The molecule has 9 heavy (non-hydrogen) atoms. The molecule has 0 radical (unpaired) electrons. The Balaban J connectivity index is 2.18. The second kappa shape index (κ2) is 1.84. The van der Waals surface area contributed by atoms with E-state index < -0.39 is 0 Å². The van der Waals surface area contributed by atoms with Crippen LogP contribution in [0.5, 0.6) is 0 Å². The Bertz CT molecular complexity index is 144. The van der Waals surface area contributed by atoms with Gasteiger partial charge in [-0.15, -0.1) is 0 Å². The molecule has 1 saturated heterocycles. The van der Waals surface area contributed by atoms with Crippen molar-refractivity contribution in [1.82, 2.24) is 10.4 Å². The van der Waals surface area contributed by atoms with Crippen LogP contribution in [0.2, 0.25) is 0 Å². The van der Waals surface area contributed by atoms with Gasteiger partial charge in [-0.25, -0.2) is 5.43 Å². The number of hydrogen-bond acceptors (Lipinski definition) is 3. The van der Waals surface area contributed by atoms with E-state index in [2.05, 4.69) is 15.4 Å². The summed E-state index contributed by atoms with van der Waals surface area (Å²) in [5.74, 6) is 0. The van der Waals surface area contributed by atoms with Gasteiger partial charge < -0.3 is 5.01 Å². The van der Waals surface area contributed by atoms with Crippen molar-refractivity contribution in [3.63, 3.8) is 0 Å². The summed E-state index contributed by atoms with van der Waals surface area (Å²) in [6.07, 6.45) is 6.92. The van der Waals surface area contributed by atoms with Crippen LogP contribution in [-0.2, 0) is 0 Å². The predicted octanol–water partition coefficient (Wildman–Crippen LogP) is 0.121. The molecule has 0 aromatic heterocycles. The molecule has 1 fully saturated rings. The van der Waals surface area contributed by atoms with Crippen molar-refractivity contribution < 1.29 is 0 Å². The molecule has 0 amide bonds. The molecule has 2 aliphatic heterocycles. The fourth-order valence-electron chi connectivity index (χ4n) is 1.17. The summed E-state index contributed by atoms with van der Waals surface area (Å²) in [6.45, 7) is 1.07. The lowest BCUT2D eigenvalue weighted by atomic mass is 10.2.